The van der Waals surface area contributed by atoms with Crippen LogP contribution in [0.4, 0.5) is 4.79 Å². The number of imide groups is 1. The topological polar surface area (TPSA) is 76.0 Å². The molecule has 1 aliphatic carbocycles. The molecule has 0 fully saturated rings. The van der Waals surface area contributed by atoms with Crippen molar-refractivity contribution < 1.29 is 9.59 Å². The third-order valence-corrected chi connectivity index (χ3v) is 5.28. The van der Waals surface area contributed by atoms with Crippen molar-refractivity contribution in [2.45, 2.75) is 43.0 Å². The van der Waals surface area contributed by atoms with Gasteiger partial charge in [0.2, 0.25) is 5.91 Å². The number of rotatable bonds is 4. The van der Waals surface area contributed by atoms with Crippen molar-refractivity contribution in [2.75, 3.05) is 7.05 Å². The highest BCUT2D eigenvalue weighted by atomic mass is 32.2. The molecule has 25 heavy (non-hydrogen) atoms. The van der Waals surface area contributed by atoms with Crippen LogP contribution in [0.15, 0.2) is 35.5 Å². The molecule has 0 bridgehead atoms. The van der Waals surface area contributed by atoms with E-state index in [1.54, 1.807) is 6.92 Å². The fraction of sp³-hybridized carbons (Fsp3) is 0.389. The Morgan fingerprint density at radius 3 is 2.64 bits per heavy atom. The Kier molecular flexibility index (Phi) is 5.43. The number of thioether (sulfide) groups is 1. The molecule has 1 aromatic heterocycles. The number of hydrogen-bond acceptors (Lipinski definition) is 4. The lowest BCUT2D eigenvalue weighted by Gasteiger charge is -2.16. The first-order valence-corrected chi connectivity index (χ1v) is 9.33. The van der Waals surface area contributed by atoms with E-state index in [-0.39, 0.29) is 5.91 Å². The molecule has 3 amide bonds. The van der Waals surface area contributed by atoms with Gasteiger partial charge >= 0.3 is 6.03 Å². The van der Waals surface area contributed by atoms with Crippen molar-refractivity contribution in [2.24, 2.45) is 0 Å². The highest BCUT2D eigenvalue weighted by molar-refractivity contribution is 8.00. The third-order valence-electron chi connectivity index (χ3n) is 4.23. The van der Waals surface area contributed by atoms with Crippen molar-refractivity contribution in [3.63, 3.8) is 0 Å². The molecule has 1 aromatic carbocycles. The molecule has 6 nitrogen and oxygen atoms in total. The van der Waals surface area contributed by atoms with Gasteiger partial charge in [0.05, 0.1) is 10.9 Å². The molecule has 0 radical (unpaired) electrons. The van der Waals surface area contributed by atoms with E-state index < -0.39 is 11.3 Å². The van der Waals surface area contributed by atoms with Gasteiger partial charge in [-0.15, -0.1) is 0 Å². The average Bonchev–Trinajstić information content (AvgIpc) is 2.99. The predicted octanol–water partition coefficient (Wildman–Crippen LogP) is 2.69. The number of nitrogens with zero attached hydrogens (tertiary/aromatic N) is 2. The SMILES string of the molecule is CNC(=O)NC(=O)[C@@H](C)Sc1nc2c(n1-c1ccccc1)CCCC2. The maximum absolute atomic E-state index is 12.2. The lowest BCUT2D eigenvalue weighted by atomic mass is 10.0. The molecule has 7 heteroatoms. The molecule has 1 aliphatic rings. The van der Waals surface area contributed by atoms with E-state index in [1.165, 1.54) is 24.5 Å². The summed E-state index contributed by atoms with van der Waals surface area (Å²) < 4.78 is 2.16. The lowest BCUT2D eigenvalue weighted by Crippen LogP contribution is -2.41. The number of para-hydroxylation sites is 1. The van der Waals surface area contributed by atoms with Crippen molar-refractivity contribution >= 4 is 23.7 Å². The Hall–Kier alpha value is -2.28. The van der Waals surface area contributed by atoms with Crippen LogP contribution < -0.4 is 10.6 Å². The van der Waals surface area contributed by atoms with Crippen LogP contribution in [-0.2, 0) is 17.6 Å². The second-order valence-electron chi connectivity index (χ2n) is 5.99. The van der Waals surface area contributed by atoms with Crippen LogP contribution in [-0.4, -0.2) is 33.8 Å². The molecule has 2 N–H and O–H groups in total. The molecule has 0 unspecified atom stereocenters. The minimum atomic E-state index is -0.497. The van der Waals surface area contributed by atoms with E-state index in [0.29, 0.717) is 0 Å². The fourth-order valence-corrected chi connectivity index (χ4v) is 3.89. The molecule has 0 saturated heterocycles. The summed E-state index contributed by atoms with van der Waals surface area (Å²) in [6, 6.07) is 9.59. The van der Waals surface area contributed by atoms with Gasteiger partial charge in [-0.1, -0.05) is 30.0 Å². The number of fused-ring (bicyclic) bond motifs is 1. The maximum atomic E-state index is 12.2. The molecule has 0 saturated carbocycles. The molecule has 1 atom stereocenters. The summed E-state index contributed by atoms with van der Waals surface area (Å²) in [4.78, 5) is 28.3. The van der Waals surface area contributed by atoms with Crippen LogP contribution in [0, 0.1) is 0 Å². The third kappa shape index (κ3) is 3.87. The zero-order valence-electron chi connectivity index (χ0n) is 14.4. The van der Waals surface area contributed by atoms with Crippen molar-refractivity contribution in [1.29, 1.82) is 0 Å². The van der Waals surface area contributed by atoms with E-state index in [1.807, 2.05) is 18.2 Å². The number of urea groups is 1. The van der Waals surface area contributed by atoms with E-state index in [2.05, 4.69) is 27.3 Å². The molecular weight excluding hydrogens is 336 g/mol. The van der Waals surface area contributed by atoms with E-state index >= 15 is 0 Å². The smallest absolute Gasteiger partial charge is 0.321 e. The minimum Gasteiger partial charge on any atom is -0.341 e. The first-order chi connectivity index (χ1) is 12.1. The second kappa shape index (κ2) is 7.74. The van der Waals surface area contributed by atoms with Crippen LogP contribution in [0.5, 0.6) is 0 Å². The molecular formula is C18H22N4O2S. The zero-order chi connectivity index (χ0) is 17.8. The first-order valence-electron chi connectivity index (χ1n) is 8.45. The first kappa shape index (κ1) is 17.5. The van der Waals surface area contributed by atoms with Crippen LogP contribution in [0.25, 0.3) is 5.69 Å². The molecule has 0 aliphatic heterocycles. The minimum absolute atomic E-state index is 0.329. The predicted molar refractivity (Wildman–Crippen MR) is 98.1 cm³/mol. The van der Waals surface area contributed by atoms with E-state index in [0.717, 1.165) is 42.2 Å². The van der Waals surface area contributed by atoms with E-state index in [4.69, 9.17) is 4.98 Å². The molecule has 1 heterocycles. The maximum Gasteiger partial charge on any atom is 0.321 e. The second-order valence-corrected chi connectivity index (χ2v) is 7.30. The van der Waals surface area contributed by atoms with Gasteiger partial charge in [0.15, 0.2) is 5.16 Å². The largest absolute Gasteiger partial charge is 0.341 e. The summed E-state index contributed by atoms with van der Waals surface area (Å²) in [6.45, 7) is 1.78. The van der Waals surface area contributed by atoms with Crippen LogP contribution in [0.3, 0.4) is 0 Å². The molecule has 0 spiro atoms. The van der Waals surface area contributed by atoms with Crippen molar-refractivity contribution in [3.8, 4) is 5.69 Å². The van der Waals surface area contributed by atoms with Crippen molar-refractivity contribution in [3.05, 3.63) is 41.7 Å². The van der Waals surface area contributed by atoms with Crippen LogP contribution >= 0.6 is 11.8 Å². The van der Waals surface area contributed by atoms with E-state index in [9.17, 15) is 9.59 Å². The van der Waals surface area contributed by atoms with Crippen LogP contribution in [0.1, 0.15) is 31.2 Å². The number of carbonyl (C=O) groups is 2. The molecule has 132 valence electrons. The summed E-state index contributed by atoms with van der Waals surface area (Å²) in [6.07, 6.45) is 4.27. The number of nitrogens with one attached hydrogen (secondary N) is 2. The average molecular weight is 358 g/mol. The highest BCUT2D eigenvalue weighted by Gasteiger charge is 2.25. The zero-order valence-corrected chi connectivity index (χ0v) is 15.2. The van der Waals surface area contributed by atoms with Gasteiger partial charge in [0.25, 0.3) is 0 Å². The summed E-state index contributed by atoms with van der Waals surface area (Å²) in [5.74, 6) is -0.329. The Bertz CT molecular complexity index is 773. The standard InChI is InChI=1S/C18H22N4O2S/c1-12(16(23)21-17(24)19-2)25-18-20-14-10-6-7-11-15(14)22(18)13-8-4-3-5-9-13/h3-5,8-9,12H,6-7,10-11H2,1-2H3,(H2,19,21,23,24)/t12-/m1/s1. The summed E-state index contributed by atoms with van der Waals surface area (Å²) in [7, 11) is 1.48. The Morgan fingerprint density at radius 2 is 1.92 bits per heavy atom. The Balaban J connectivity index is 1.89. The highest BCUT2D eigenvalue weighted by Crippen LogP contribution is 2.32. The van der Waals surface area contributed by atoms with Crippen molar-refractivity contribution in [1.82, 2.24) is 20.2 Å². The van der Waals surface area contributed by atoms with Gasteiger partial charge in [-0.3, -0.25) is 14.7 Å². The monoisotopic (exact) mass is 358 g/mol. The summed E-state index contributed by atoms with van der Waals surface area (Å²) in [5, 5.41) is 5.09. The number of imidazole rings is 1. The number of carbonyl (C=O) groups excluding carboxylic acids is 2. The molecule has 3 rings (SSSR count). The number of aromatic nitrogens is 2. The lowest BCUT2D eigenvalue weighted by molar-refractivity contribution is -0.119. The normalized spacial score (nSPS) is 14.5. The Labute approximate surface area is 151 Å². The number of benzene rings is 1. The molecule has 2 aromatic rings. The van der Waals surface area contributed by atoms with Gasteiger partial charge in [-0.05, 0) is 44.7 Å². The van der Waals surface area contributed by atoms with Crippen LogP contribution in [0.2, 0.25) is 0 Å². The number of aryl methyl sites for hydroxylation is 1. The van der Waals surface area contributed by atoms with Gasteiger partial charge in [-0.2, -0.15) is 0 Å². The quantitative estimate of drug-likeness (QED) is 0.824. The fourth-order valence-electron chi connectivity index (χ4n) is 2.93. The van der Waals surface area contributed by atoms with Gasteiger partial charge in [0, 0.05) is 18.4 Å². The van der Waals surface area contributed by atoms with Gasteiger partial charge < -0.3 is 5.32 Å². The number of hydrogen-bond donors (Lipinski definition) is 2. The summed E-state index contributed by atoms with van der Waals surface area (Å²) >= 11 is 1.38. The number of amides is 3. The van der Waals surface area contributed by atoms with Gasteiger partial charge in [0.1, 0.15) is 0 Å². The van der Waals surface area contributed by atoms with Gasteiger partial charge in [-0.25, -0.2) is 9.78 Å². The Morgan fingerprint density at radius 1 is 1.20 bits per heavy atom. The summed E-state index contributed by atoms with van der Waals surface area (Å²) in [5.41, 5.74) is 3.41.